The summed E-state index contributed by atoms with van der Waals surface area (Å²) in [7, 11) is 1.73. The van der Waals surface area contributed by atoms with Gasteiger partial charge in [-0.2, -0.15) is 0 Å². The highest BCUT2D eigenvalue weighted by molar-refractivity contribution is 6.42. The maximum absolute atomic E-state index is 12.4. The minimum atomic E-state index is -0.232. The van der Waals surface area contributed by atoms with Crippen LogP contribution in [-0.4, -0.2) is 63.2 Å². The zero-order valence-corrected chi connectivity index (χ0v) is 19.7. The van der Waals surface area contributed by atoms with E-state index in [1.165, 1.54) is 0 Å². The number of ether oxygens (including phenoxy) is 1. The molecule has 7 nitrogen and oxygen atoms in total. The number of carbonyl (C=O) groups is 2. The Labute approximate surface area is 198 Å². The number of halogens is 2. The molecule has 0 bridgehead atoms. The Bertz CT molecular complexity index is 933. The minimum Gasteiger partial charge on any atom is -0.378 e. The summed E-state index contributed by atoms with van der Waals surface area (Å²) in [5.41, 5.74) is 2.68. The molecule has 1 aliphatic rings. The Morgan fingerprint density at radius 3 is 2.34 bits per heavy atom. The molecular formula is C23H28Cl2N4O3. The van der Waals surface area contributed by atoms with Gasteiger partial charge >= 0.3 is 0 Å². The third-order valence-electron chi connectivity index (χ3n) is 5.18. The number of amides is 2. The predicted octanol–water partition coefficient (Wildman–Crippen LogP) is 3.58. The summed E-state index contributed by atoms with van der Waals surface area (Å²) >= 11 is 12.0. The first-order chi connectivity index (χ1) is 15.3. The summed E-state index contributed by atoms with van der Waals surface area (Å²) in [6.45, 7) is 5.24. The van der Waals surface area contributed by atoms with Crippen molar-refractivity contribution in [2.24, 2.45) is 0 Å². The SMILES string of the molecule is CC(NC(=O)CN(C)CC(=O)Nc1ccc(N2CCOCC2)cc1)c1ccc(Cl)c(Cl)c1. The number of carbonyl (C=O) groups excluding carboxylic acids is 2. The first kappa shape index (κ1) is 24.3. The summed E-state index contributed by atoms with van der Waals surface area (Å²) in [6.07, 6.45) is 0. The number of anilines is 2. The average molecular weight is 479 g/mol. The van der Waals surface area contributed by atoms with Crippen LogP contribution in [0.25, 0.3) is 0 Å². The van der Waals surface area contributed by atoms with Crippen LogP contribution < -0.4 is 15.5 Å². The molecule has 32 heavy (non-hydrogen) atoms. The van der Waals surface area contributed by atoms with Crippen LogP contribution in [0.3, 0.4) is 0 Å². The largest absolute Gasteiger partial charge is 0.378 e. The Kier molecular flexibility index (Phi) is 8.75. The Hall–Kier alpha value is -2.32. The second kappa shape index (κ2) is 11.5. The highest BCUT2D eigenvalue weighted by Crippen LogP contribution is 2.25. The van der Waals surface area contributed by atoms with Gasteiger partial charge in [0, 0.05) is 24.5 Å². The van der Waals surface area contributed by atoms with Gasteiger partial charge in [-0.25, -0.2) is 0 Å². The highest BCUT2D eigenvalue weighted by Gasteiger charge is 2.15. The third-order valence-corrected chi connectivity index (χ3v) is 5.91. The Balaban J connectivity index is 1.43. The van der Waals surface area contributed by atoms with Gasteiger partial charge in [-0.05, 0) is 55.9 Å². The Morgan fingerprint density at radius 2 is 1.69 bits per heavy atom. The summed E-state index contributed by atoms with van der Waals surface area (Å²) < 4.78 is 5.37. The molecule has 2 amide bonds. The molecule has 1 unspecified atom stereocenters. The minimum absolute atomic E-state index is 0.0923. The lowest BCUT2D eigenvalue weighted by Crippen LogP contribution is -2.39. The van der Waals surface area contributed by atoms with E-state index in [1.54, 1.807) is 24.1 Å². The van der Waals surface area contributed by atoms with E-state index >= 15 is 0 Å². The van der Waals surface area contributed by atoms with Crippen LogP contribution >= 0.6 is 23.2 Å². The second-order valence-corrected chi connectivity index (χ2v) is 8.64. The number of nitrogens with one attached hydrogen (secondary N) is 2. The molecule has 172 valence electrons. The molecule has 1 atom stereocenters. The normalized spacial score (nSPS) is 14.8. The monoisotopic (exact) mass is 478 g/mol. The lowest BCUT2D eigenvalue weighted by molar-refractivity contribution is -0.123. The molecule has 1 fully saturated rings. The van der Waals surface area contributed by atoms with Gasteiger partial charge in [0.25, 0.3) is 0 Å². The lowest BCUT2D eigenvalue weighted by Gasteiger charge is -2.28. The van der Waals surface area contributed by atoms with Gasteiger partial charge in [0.15, 0.2) is 0 Å². The molecule has 1 aliphatic heterocycles. The van der Waals surface area contributed by atoms with Gasteiger partial charge in [0.2, 0.25) is 11.8 Å². The van der Waals surface area contributed by atoms with Crippen molar-refractivity contribution < 1.29 is 14.3 Å². The molecule has 0 aromatic heterocycles. The average Bonchev–Trinajstić information content (AvgIpc) is 2.76. The van der Waals surface area contributed by atoms with Crippen LogP contribution in [0.5, 0.6) is 0 Å². The molecule has 2 aromatic carbocycles. The molecule has 0 saturated carbocycles. The summed E-state index contributed by atoms with van der Waals surface area (Å²) in [4.78, 5) is 28.6. The molecule has 3 rings (SSSR count). The van der Waals surface area contributed by atoms with Crippen LogP contribution in [-0.2, 0) is 14.3 Å². The molecule has 2 aromatic rings. The van der Waals surface area contributed by atoms with Crippen molar-refractivity contribution in [1.82, 2.24) is 10.2 Å². The standard InChI is InChI=1S/C23H28Cl2N4O3/c1-16(17-3-8-20(24)21(25)13-17)26-22(30)14-28(2)15-23(31)27-18-4-6-19(7-5-18)29-9-11-32-12-10-29/h3-8,13,16H,9-12,14-15H2,1-2H3,(H,26,30)(H,27,31). The number of rotatable bonds is 8. The number of likely N-dealkylation sites (N-methyl/N-ethyl adjacent to an activating group) is 1. The fraction of sp³-hybridized carbons (Fsp3) is 0.391. The van der Waals surface area contributed by atoms with Crippen molar-refractivity contribution >= 4 is 46.4 Å². The molecule has 0 radical (unpaired) electrons. The predicted molar refractivity (Wildman–Crippen MR) is 129 cm³/mol. The number of hydrogen-bond donors (Lipinski definition) is 2. The molecule has 9 heteroatoms. The number of morpholine rings is 1. The van der Waals surface area contributed by atoms with Gasteiger partial charge in [0.05, 0.1) is 42.4 Å². The van der Waals surface area contributed by atoms with Gasteiger partial charge in [0.1, 0.15) is 0 Å². The van der Waals surface area contributed by atoms with Gasteiger partial charge in [-0.1, -0.05) is 29.3 Å². The van der Waals surface area contributed by atoms with Crippen LogP contribution in [0.4, 0.5) is 11.4 Å². The quantitative estimate of drug-likeness (QED) is 0.606. The second-order valence-electron chi connectivity index (χ2n) is 7.83. The topological polar surface area (TPSA) is 73.9 Å². The molecule has 1 saturated heterocycles. The first-order valence-corrected chi connectivity index (χ1v) is 11.2. The van der Waals surface area contributed by atoms with Gasteiger partial charge in [-0.3, -0.25) is 14.5 Å². The summed E-state index contributed by atoms with van der Waals surface area (Å²) in [5, 5.41) is 6.69. The van der Waals surface area contributed by atoms with E-state index in [2.05, 4.69) is 15.5 Å². The number of hydrogen-bond acceptors (Lipinski definition) is 5. The number of benzene rings is 2. The van der Waals surface area contributed by atoms with E-state index in [0.717, 1.165) is 43.2 Å². The van der Waals surface area contributed by atoms with Crippen molar-refractivity contribution in [2.75, 3.05) is 56.7 Å². The van der Waals surface area contributed by atoms with Crippen LogP contribution in [0.15, 0.2) is 42.5 Å². The number of nitrogens with zero attached hydrogens (tertiary/aromatic N) is 2. The van der Waals surface area contributed by atoms with Crippen LogP contribution in [0.2, 0.25) is 10.0 Å². The van der Waals surface area contributed by atoms with E-state index in [0.29, 0.717) is 10.0 Å². The van der Waals surface area contributed by atoms with E-state index in [1.807, 2.05) is 37.3 Å². The zero-order chi connectivity index (χ0) is 23.1. The van der Waals surface area contributed by atoms with E-state index in [4.69, 9.17) is 27.9 Å². The molecular weight excluding hydrogens is 451 g/mol. The maximum Gasteiger partial charge on any atom is 0.238 e. The fourth-order valence-electron chi connectivity index (χ4n) is 3.48. The molecule has 0 spiro atoms. The van der Waals surface area contributed by atoms with E-state index < -0.39 is 0 Å². The summed E-state index contributed by atoms with van der Waals surface area (Å²) in [6, 6.07) is 12.8. The highest BCUT2D eigenvalue weighted by atomic mass is 35.5. The van der Waals surface area contributed by atoms with E-state index in [-0.39, 0.29) is 30.9 Å². The third kappa shape index (κ3) is 7.10. The van der Waals surface area contributed by atoms with Gasteiger partial charge < -0.3 is 20.3 Å². The van der Waals surface area contributed by atoms with Crippen LogP contribution in [0, 0.1) is 0 Å². The lowest BCUT2D eigenvalue weighted by atomic mass is 10.1. The maximum atomic E-state index is 12.4. The van der Waals surface area contributed by atoms with Crippen LogP contribution in [0.1, 0.15) is 18.5 Å². The van der Waals surface area contributed by atoms with Crippen molar-refractivity contribution in [3.8, 4) is 0 Å². The van der Waals surface area contributed by atoms with Crippen molar-refractivity contribution in [3.63, 3.8) is 0 Å². The van der Waals surface area contributed by atoms with Crippen molar-refractivity contribution in [2.45, 2.75) is 13.0 Å². The summed E-state index contributed by atoms with van der Waals surface area (Å²) in [5.74, 6) is -0.370. The Morgan fingerprint density at radius 1 is 1.03 bits per heavy atom. The molecule has 1 heterocycles. The van der Waals surface area contributed by atoms with Crippen molar-refractivity contribution in [3.05, 3.63) is 58.1 Å². The van der Waals surface area contributed by atoms with Crippen molar-refractivity contribution in [1.29, 1.82) is 0 Å². The van der Waals surface area contributed by atoms with E-state index in [9.17, 15) is 9.59 Å². The zero-order valence-electron chi connectivity index (χ0n) is 18.2. The molecule has 2 N–H and O–H groups in total. The smallest absolute Gasteiger partial charge is 0.238 e. The van der Waals surface area contributed by atoms with Gasteiger partial charge in [-0.15, -0.1) is 0 Å². The fourth-order valence-corrected chi connectivity index (χ4v) is 3.78. The first-order valence-electron chi connectivity index (χ1n) is 10.5. The molecule has 0 aliphatic carbocycles.